The van der Waals surface area contributed by atoms with Crippen molar-refractivity contribution in [2.75, 3.05) is 0 Å². The maximum atomic E-state index is 10.8. The number of aromatic carboxylic acids is 1. The van der Waals surface area contributed by atoms with E-state index in [9.17, 15) is 9.90 Å². The van der Waals surface area contributed by atoms with Gasteiger partial charge < -0.3 is 14.9 Å². The van der Waals surface area contributed by atoms with E-state index in [0.29, 0.717) is 11.3 Å². The van der Waals surface area contributed by atoms with Crippen LogP contribution in [-0.4, -0.2) is 20.6 Å². The highest BCUT2D eigenvalue weighted by molar-refractivity contribution is 7.08. The van der Waals surface area contributed by atoms with Gasteiger partial charge in [-0.2, -0.15) is 4.37 Å². The second-order valence-electron chi connectivity index (χ2n) is 3.24. The molecule has 0 spiro atoms. The summed E-state index contributed by atoms with van der Waals surface area (Å²) in [5.41, 5.74) is 0.491. The number of hydrogen-bond acceptors (Lipinski definition) is 5. The lowest BCUT2D eigenvalue weighted by molar-refractivity contribution is 0.0699. The van der Waals surface area contributed by atoms with Crippen molar-refractivity contribution in [3.8, 4) is 11.5 Å². The van der Waals surface area contributed by atoms with Crippen LogP contribution in [0, 0.1) is 0 Å². The fourth-order valence-electron chi connectivity index (χ4n) is 1.27. The molecule has 0 aliphatic heterocycles. The highest BCUT2D eigenvalue weighted by Gasteiger charge is 2.13. The quantitative estimate of drug-likeness (QED) is 0.870. The van der Waals surface area contributed by atoms with Crippen molar-refractivity contribution >= 4 is 17.5 Å². The first kappa shape index (κ1) is 11.4. The smallest absolute Gasteiger partial charge is 0.347 e. The van der Waals surface area contributed by atoms with Gasteiger partial charge >= 0.3 is 5.97 Å². The molecule has 1 heterocycles. The molecular formula is C11H9NO4S. The summed E-state index contributed by atoms with van der Waals surface area (Å²) in [6.45, 7) is 0.0652. The molecule has 1 aromatic heterocycles. The molecule has 0 amide bonds. The van der Waals surface area contributed by atoms with Crippen molar-refractivity contribution < 1.29 is 19.7 Å². The third-order valence-corrected chi connectivity index (χ3v) is 2.92. The second kappa shape index (κ2) is 4.84. The van der Waals surface area contributed by atoms with Crippen LogP contribution in [0.3, 0.4) is 0 Å². The van der Waals surface area contributed by atoms with E-state index in [-0.39, 0.29) is 17.2 Å². The third-order valence-electron chi connectivity index (χ3n) is 2.09. The number of phenols is 1. The first-order chi connectivity index (χ1) is 8.18. The molecule has 0 radical (unpaired) electrons. The fourth-order valence-corrected chi connectivity index (χ4v) is 1.87. The summed E-state index contributed by atoms with van der Waals surface area (Å²) in [7, 11) is 0. The minimum absolute atomic E-state index is 0.0209. The van der Waals surface area contributed by atoms with Crippen LogP contribution in [0.2, 0.25) is 0 Å². The van der Waals surface area contributed by atoms with Crippen LogP contribution in [0.4, 0.5) is 0 Å². The second-order valence-corrected chi connectivity index (χ2v) is 4.04. The Hall–Kier alpha value is -2.08. The first-order valence-corrected chi connectivity index (χ1v) is 5.53. The topological polar surface area (TPSA) is 79.7 Å². The molecule has 0 fully saturated rings. The maximum Gasteiger partial charge on any atom is 0.347 e. The van der Waals surface area contributed by atoms with E-state index in [0.717, 1.165) is 11.5 Å². The van der Waals surface area contributed by atoms with E-state index < -0.39 is 5.97 Å². The molecule has 0 aliphatic rings. The van der Waals surface area contributed by atoms with Gasteiger partial charge in [-0.25, -0.2) is 4.79 Å². The number of aromatic nitrogens is 1. The largest absolute Gasteiger partial charge is 0.504 e. The number of phenolic OH excluding ortho intramolecular Hbond substituents is 1. The van der Waals surface area contributed by atoms with Gasteiger partial charge in [-0.05, 0) is 23.7 Å². The standard InChI is InChI=1S/C11H9NO4S/c13-8-3-1-2-4-9(8)16-6-7-5-12-17-10(7)11(14)15/h1-5,13H,6H2,(H,14,15). The highest BCUT2D eigenvalue weighted by Crippen LogP contribution is 2.26. The predicted molar refractivity (Wildman–Crippen MR) is 61.5 cm³/mol. The first-order valence-electron chi connectivity index (χ1n) is 4.76. The number of carboxylic acid groups (broad SMARTS) is 1. The lowest BCUT2D eigenvalue weighted by Gasteiger charge is -2.06. The molecule has 0 bridgehead atoms. The van der Waals surface area contributed by atoms with E-state index in [1.807, 2.05) is 0 Å². The van der Waals surface area contributed by atoms with Crippen LogP contribution in [0.1, 0.15) is 15.2 Å². The third kappa shape index (κ3) is 2.54. The lowest BCUT2D eigenvalue weighted by atomic mass is 10.3. The van der Waals surface area contributed by atoms with Gasteiger partial charge in [0.25, 0.3) is 0 Å². The number of carbonyl (C=O) groups is 1. The van der Waals surface area contributed by atoms with Gasteiger partial charge in [0, 0.05) is 11.8 Å². The van der Waals surface area contributed by atoms with Crippen molar-refractivity contribution in [1.29, 1.82) is 0 Å². The summed E-state index contributed by atoms with van der Waals surface area (Å²) < 4.78 is 9.12. The number of benzene rings is 1. The number of hydrogen-bond donors (Lipinski definition) is 2. The Bertz CT molecular complexity index is 538. The Morgan fingerprint density at radius 3 is 2.88 bits per heavy atom. The normalized spacial score (nSPS) is 10.1. The van der Waals surface area contributed by atoms with Gasteiger partial charge in [-0.1, -0.05) is 12.1 Å². The number of nitrogens with zero attached hydrogens (tertiary/aromatic N) is 1. The molecule has 0 saturated heterocycles. The summed E-state index contributed by atoms with van der Waals surface area (Å²) in [5, 5.41) is 18.3. The van der Waals surface area contributed by atoms with Gasteiger partial charge in [0.05, 0.1) is 0 Å². The Morgan fingerprint density at radius 2 is 2.18 bits per heavy atom. The fraction of sp³-hybridized carbons (Fsp3) is 0.0909. The molecule has 6 heteroatoms. The number of rotatable bonds is 4. The summed E-state index contributed by atoms with van der Waals surface area (Å²) in [4.78, 5) is 11.0. The summed E-state index contributed by atoms with van der Waals surface area (Å²) >= 11 is 0.905. The molecule has 0 unspecified atom stereocenters. The molecule has 0 saturated carbocycles. The van der Waals surface area contributed by atoms with E-state index in [1.165, 1.54) is 12.3 Å². The molecule has 2 N–H and O–H groups in total. The molecular weight excluding hydrogens is 242 g/mol. The van der Waals surface area contributed by atoms with Crippen LogP contribution in [0.25, 0.3) is 0 Å². The maximum absolute atomic E-state index is 10.8. The SMILES string of the molecule is O=C(O)c1sncc1COc1ccccc1O. The van der Waals surface area contributed by atoms with Crippen molar-refractivity contribution in [3.63, 3.8) is 0 Å². The number of ether oxygens (including phenoxy) is 1. The molecule has 2 aromatic rings. The Labute approximate surface area is 101 Å². The lowest BCUT2D eigenvalue weighted by Crippen LogP contribution is -2.01. The summed E-state index contributed by atoms with van der Waals surface area (Å²) in [6, 6.07) is 6.50. The molecule has 17 heavy (non-hydrogen) atoms. The van der Waals surface area contributed by atoms with Crippen LogP contribution in [0.5, 0.6) is 11.5 Å². The Kier molecular flexibility index (Phi) is 3.24. The van der Waals surface area contributed by atoms with Crippen molar-refractivity contribution in [3.05, 3.63) is 40.9 Å². The summed E-state index contributed by atoms with van der Waals surface area (Å²) in [6.07, 6.45) is 1.45. The zero-order valence-electron chi connectivity index (χ0n) is 8.66. The van der Waals surface area contributed by atoms with Crippen LogP contribution >= 0.6 is 11.5 Å². The van der Waals surface area contributed by atoms with Crippen molar-refractivity contribution in [1.82, 2.24) is 4.37 Å². The van der Waals surface area contributed by atoms with Crippen molar-refractivity contribution in [2.24, 2.45) is 0 Å². The number of aromatic hydroxyl groups is 1. The van der Waals surface area contributed by atoms with Crippen LogP contribution in [0.15, 0.2) is 30.5 Å². The molecule has 1 aromatic carbocycles. The van der Waals surface area contributed by atoms with Crippen LogP contribution in [-0.2, 0) is 6.61 Å². The van der Waals surface area contributed by atoms with E-state index >= 15 is 0 Å². The van der Waals surface area contributed by atoms with Gasteiger partial charge in [0.2, 0.25) is 0 Å². The van der Waals surface area contributed by atoms with E-state index in [4.69, 9.17) is 9.84 Å². The molecule has 0 atom stereocenters. The monoisotopic (exact) mass is 251 g/mol. The van der Waals surface area contributed by atoms with Crippen molar-refractivity contribution in [2.45, 2.75) is 6.61 Å². The average Bonchev–Trinajstić information content (AvgIpc) is 2.76. The summed E-state index contributed by atoms with van der Waals surface area (Å²) in [5.74, 6) is -0.689. The van der Waals surface area contributed by atoms with E-state index in [1.54, 1.807) is 18.2 Å². The molecule has 0 aliphatic carbocycles. The molecule has 88 valence electrons. The van der Waals surface area contributed by atoms with Gasteiger partial charge in [-0.15, -0.1) is 0 Å². The molecule has 5 nitrogen and oxygen atoms in total. The van der Waals surface area contributed by atoms with Gasteiger partial charge in [-0.3, -0.25) is 0 Å². The zero-order valence-corrected chi connectivity index (χ0v) is 9.48. The van der Waals surface area contributed by atoms with Crippen LogP contribution < -0.4 is 4.74 Å². The number of carboxylic acids is 1. The van der Waals surface area contributed by atoms with Gasteiger partial charge in [0.1, 0.15) is 11.5 Å². The highest BCUT2D eigenvalue weighted by atomic mass is 32.1. The van der Waals surface area contributed by atoms with E-state index in [2.05, 4.69) is 4.37 Å². The minimum atomic E-state index is -1.02. The Balaban J connectivity index is 2.10. The minimum Gasteiger partial charge on any atom is -0.504 e. The Morgan fingerprint density at radius 1 is 1.41 bits per heavy atom. The predicted octanol–water partition coefficient (Wildman–Crippen LogP) is 2.13. The number of para-hydroxylation sites is 2. The molecule has 2 rings (SSSR count). The average molecular weight is 251 g/mol. The zero-order chi connectivity index (χ0) is 12.3. The van der Waals surface area contributed by atoms with Gasteiger partial charge in [0.15, 0.2) is 11.5 Å².